The molecule has 0 aliphatic carbocycles. The fourth-order valence-corrected chi connectivity index (χ4v) is 1.91. The summed E-state index contributed by atoms with van der Waals surface area (Å²) in [5, 5.41) is 17.6. The Morgan fingerprint density at radius 2 is 2.00 bits per heavy atom. The second kappa shape index (κ2) is 9.66. The van der Waals surface area contributed by atoms with E-state index in [1.165, 1.54) is 12.3 Å². The van der Waals surface area contributed by atoms with Crippen LogP contribution in [-0.2, 0) is 9.59 Å². The van der Waals surface area contributed by atoms with Crippen molar-refractivity contribution >= 4 is 41.2 Å². The van der Waals surface area contributed by atoms with Gasteiger partial charge in [-0.3, -0.25) is 9.59 Å². The molecule has 0 fully saturated rings. The van der Waals surface area contributed by atoms with Gasteiger partial charge in [-0.25, -0.2) is 0 Å². The zero-order chi connectivity index (χ0) is 16.4. The van der Waals surface area contributed by atoms with Crippen molar-refractivity contribution in [2.24, 2.45) is 0 Å². The predicted molar refractivity (Wildman–Crippen MR) is 85.5 cm³/mol. The standard InChI is InChI=1S/C14H14Cl2N4O2/c15-11-2-3-13(12(16)6-11)20-14(22)10(7-17)8-18-4-1-5-19-9-21/h2-3,6,8-9,18H,1,4-5H2,(H,19,21)(H,20,22)/b10-8-. The molecule has 3 N–H and O–H groups in total. The number of carbonyl (C=O) groups excluding carboxylic acids is 2. The van der Waals surface area contributed by atoms with Gasteiger partial charge in [0.15, 0.2) is 0 Å². The Balaban J connectivity index is 2.57. The maximum atomic E-state index is 12.0. The summed E-state index contributed by atoms with van der Waals surface area (Å²) >= 11 is 11.7. The van der Waals surface area contributed by atoms with Crippen molar-refractivity contribution in [3.8, 4) is 6.07 Å². The van der Waals surface area contributed by atoms with E-state index in [1.807, 2.05) is 0 Å². The van der Waals surface area contributed by atoms with Gasteiger partial charge in [-0.15, -0.1) is 0 Å². The zero-order valence-electron chi connectivity index (χ0n) is 11.5. The van der Waals surface area contributed by atoms with Crippen LogP contribution in [0.4, 0.5) is 5.69 Å². The minimum absolute atomic E-state index is 0.0886. The second-order valence-electron chi connectivity index (χ2n) is 4.13. The monoisotopic (exact) mass is 340 g/mol. The van der Waals surface area contributed by atoms with Crippen LogP contribution in [-0.4, -0.2) is 25.4 Å². The van der Waals surface area contributed by atoms with Crippen molar-refractivity contribution < 1.29 is 9.59 Å². The molecule has 0 aliphatic heterocycles. The molecule has 0 atom stereocenters. The van der Waals surface area contributed by atoms with Gasteiger partial charge in [-0.05, 0) is 24.6 Å². The molecule has 0 radical (unpaired) electrons. The molecule has 2 amide bonds. The largest absolute Gasteiger partial charge is 0.390 e. The summed E-state index contributed by atoms with van der Waals surface area (Å²) < 4.78 is 0. The maximum absolute atomic E-state index is 12.0. The van der Waals surface area contributed by atoms with Gasteiger partial charge in [0, 0.05) is 24.3 Å². The topological polar surface area (TPSA) is 94.0 Å². The number of anilines is 1. The van der Waals surface area contributed by atoms with Crippen molar-refractivity contribution in [2.45, 2.75) is 6.42 Å². The first kappa shape index (κ1) is 17.8. The molecule has 0 unspecified atom stereocenters. The van der Waals surface area contributed by atoms with Gasteiger partial charge in [0.05, 0.1) is 10.7 Å². The summed E-state index contributed by atoms with van der Waals surface area (Å²) in [5.74, 6) is -0.578. The van der Waals surface area contributed by atoms with Crippen molar-refractivity contribution in [2.75, 3.05) is 18.4 Å². The van der Waals surface area contributed by atoms with E-state index in [9.17, 15) is 9.59 Å². The highest BCUT2D eigenvalue weighted by Crippen LogP contribution is 2.25. The van der Waals surface area contributed by atoms with Gasteiger partial charge in [-0.2, -0.15) is 5.26 Å². The van der Waals surface area contributed by atoms with E-state index >= 15 is 0 Å². The third-order valence-corrected chi connectivity index (χ3v) is 3.06. The lowest BCUT2D eigenvalue weighted by atomic mass is 10.2. The summed E-state index contributed by atoms with van der Waals surface area (Å²) in [6.07, 6.45) is 2.60. The molecule has 116 valence electrons. The van der Waals surface area contributed by atoms with E-state index < -0.39 is 5.91 Å². The maximum Gasteiger partial charge on any atom is 0.267 e. The van der Waals surface area contributed by atoms with Crippen LogP contribution >= 0.6 is 23.2 Å². The molecule has 1 aromatic carbocycles. The highest BCUT2D eigenvalue weighted by Gasteiger charge is 2.11. The molecular weight excluding hydrogens is 327 g/mol. The average molecular weight is 341 g/mol. The molecule has 0 aliphatic rings. The molecule has 0 aromatic heterocycles. The van der Waals surface area contributed by atoms with Gasteiger partial charge >= 0.3 is 0 Å². The number of hydrogen-bond donors (Lipinski definition) is 3. The van der Waals surface area contributed by atoms with Crippen molar-refractivity contribution in [3.05, 3.63) is 40.0 Å². The lowest BCUT2D eigenvalue weighted by Gasteiger charge is -2.07. The number of nitrogens with zero attached hydrogens (tertiary/aromatic N) is 1. The summed E-state index contributed by atoms with van der Waals surface area (Å²) in [4.78, 5) is 22.0. The molecule has 8 heteroatoms. The SMILES string of the molecule is N#C/C(=C/NCCCNC=O)C(=O)Nc1ccc(Cl)cc1Cl. The van der Waals surface area contributed by atoms with E-state index in [0.29, 0.717) is 36.6 Å². The predicted octanol–water partition coefficient (Wildman–Crippen LogP) is 2.07. The average Bonchev–Trinajstić information content (AvgIpc) is 2.49. The number of carbonyl (C=O) groups is 2. The molecule has 0 bridgehead atoms. The molecule has 0 heterocycles. The van der Waals surface area contributed by atoms with Crippen LogP contribution in [0.5, 0.6) is 0 Å². The summed E-state index contributed by atoms with van der Waals surface area (Å²) in [5.41, 5.74) is 0.279. The lowest BCUT2D eigenvalue weighted by Crippen LogP contribution is -2.20. The van der Waals surface area contributed by atoms with Gasteiger partial charge < -0.3 is 16.0 Å². The van der Waals surface area contributed by atoms with Crippen molar-refractivity contribution in [1.29, 1.82) is 5.26 Å². The van der Waals surface area contributed by atoms with Crippen LogP contribution in [0.15, 0.2) is 30.0 Å². The third kappa shape index (κ3) is 6.04. The Hall–Kier alpha value is -2.23. The molecular formula is C14H14Cl2N4O2. The van der Waals surface area contributed by atoms with Crippen LogP contribution in [0.2, 0.25) is 10.0 Å². The third-order valence-electron chi connectivity index (χ3n) is 2.52. The molecule has 22 heavy (non-hydrogen) atoms. The Labute approximate surface area is 138 Å². The van der Waals surface area contributed by atoms with Gasteiger partial charge in [0.25, 0.3) is 5.91 Å². The minimum Gasteiger partial charge on any atom is -0.390 e. The number of hydrogen-bond acceptors (Lipinski definition) is 4. The molecule has 0 saturated carbocycles. The summed E-state index contributed by atoms with van der Waals surface area (Å²) in [6, 6.07) is 6.43. The fraction of sp³-hybridized carbons (Fsp3) is 0.214. The molecule has 6 nitrogen and oxygen atoms in total. The van der Waals surface area contributed by atoms with Crippen molar-refractivity contribution in [3.63, 3.8) is 0 Å². The number of nitrogens with one attached hydrogen (secondary N) is 3. The highest BCUT2D eigenvalue weighted by atomic mass is 35.5. The van der Waals surface area contributed by atoms with E-state index in [1.54, 1.807) is 18.2 Å². The minimum atomic E-state index is -0.578. The fourth-order valence-electron chi connectivity index (χ4n) is 1.45. The number of rotatable bonds is 8. The first-order chi connectivity index (χ1) is 10.6. The highest BCUT2D eigenvalue weighted by molar-refractivity contribution is 6.36. The lowest BCUT2D eigenvalue weighted by molar-refractivity contribution is -0.112. The van der Waals surface area contributed by atoms with Crippen LogP contribution in [0.3, 0.4) is 0 Å². The van der Waals surface area contributed by atoms with Gasteiger partial charge in [0.2, 0.25) is 6.41 Å². The van der Waals surface area contributed by atoms with E-state index in [2.05, 4.69) is 16.0 Å². The Bertz CT molecular complexity index is 611. The first-order valence-electron chi connectivity index (χ1n) is 6.35. The molecule has 1 rings (SSSR count). The van der Waals surface area contributed by atoms with Crippen LogP contribution in [0, 0.1) is 11.3 Å². The Kier molecular flexibility index (Phi) is 7.83. The smallest absolute Gasteiger partial charge is 0.267 e. The zero-order valence-corrected chi connectivity index (χ0v) is 13.0. The van der Waals surface area contributed by atoms with Crippen molar-refractivity contribution in [1.82, 2.24) is 10.6 Å². The summed E-state index contributed by atoms with van der Waals surface area (Å²) in [6.45, 7) is 1.03. The normalized spacial score (nSPS) is 10.5. The number of benzene rings is 1. The Morgan fingerprint density at radius 3 is 2.64 bits per heavy atom. The molecule has 1 aromatic rings. The summed E-state index contributed by atoms with van der Waals surface area (Å²) in [7, 11) is 0. The van der Waals surface area contributed by atoms with E-state index in [4.69, 9.17) is 28.5 Å². The first-order valence-corrected chi connectivity index (χ1v) is 7.11. The van der Waals surface area contributed by atoms with E-state index in [0.717, 1.165) is 0 Å². The second-order valence-corrected chi connectivity index (χ2v) is 4.97. The molecule has 0 spiro atoms. The Morgan fingerprint density at radius 1 is 1.27 bits per heavy atom. The number of halogens is 2. The van der Waals surface area contributed by atoms with Gasteiger partial charge in [0.1, 0.15) is 11.6 Å². The van der Waals surface area contributed by atoms with Crippen LogP contribution in [0.1, 0.15) is 6.42 Å². The van der Waals surface area contributed by atoms with Gasteiger partial charge in [-0.1, -0.05) is 23.2 Å². The van der Waals surface area contributed by atoms with E-state index in [-0.39, 0.29) is 10.6 Å². The van der Waals surface area contributed by atoms with Crippen LogP contribution < -0.4 is 16.0 Å². The number of amides is 2. The van der Waals surface area contributed by atoms with Crippen LogP contribution in [0.25, 0.3) is 0 Å². The quantitative estimate of drug-likeness (QED) is 0.292. The molecule has 0 saturated heterocycles. The number of nitriles is 1.